The Morgan fingerprint density at radius 3 is 2.06 bits per heavy atom. The Hall–Kier alpha value is -0.340. The van der Waals surface area contributed by atoms with Gasteiger partial charge in [0.1, 0.15) is 0 Å². The Balaban J connectivity index is 3.26. The highest BCUT2D eigenvalue weighted by atomic mass is 16.3. The molecule has 17 heavy (non-hydrogen) atoms. The van der Waals surface area contributed by atoms with Crippen LogP contribution in [0.5, 0.6) is 0 Å². The van der Waals surface area contributed by atoms with Gasteiger partial charge in [0.05, 0.1) is 6.61 Å². The minimum atomic E-state index is 0.255. The molecule has 0 aromatic carbocycles. The Kier molecular flexibility index (Phi) is 13.4. The van der Waals surface area contributed by atoms with Crippen molar-refractivity contribution in [1.82, 2.24) is 4.90 Å². The maximum atomic E-state index is 8.91. The molecule has 1 N–H and O–H groups in total. The lowest BCUT2D eigenvalue weighted by Crippen LogP contribution is -2.28. The van der Waals surface area contributed by atoms with Crippen molar-refractivity contribution < 1.29 is 5.11 Å². The maximum absolute atomic E-state index is 8.91. The largest absolute Gasteiger partial charge is 0.395 e. The van der Waals surface area contributed by atoms with Crippen LogP contribution in [-0.4, -0.2) is 36.2 Å². The summed E-state index contributed by atoms with van der Waals surface area (Å²) in [6.45, 7) is 9.04. The monoisotopic (exact) mass is 241 g/mol. The molecule has 0 spiro atoms. The van der Waals surface area contributed by atoms with Gasteiger partial charge in [0.2, 0.25) is 0 Å². The zero-order valence-electron chi connectivity index (χ0n) is 11.7. The SMILES string of the molecule is C=CCN(CCO)CCCCCCCCCC. The molecule has 0 aliphatic heterocycles. The molecule has 0 atom stereocenters. The molecule has 102 valence electrons. The van der Waals surface area contributed by atoms with E-state index >= 15 is 0 Å². The van der Waals surface area contributed by atoms with E-state index < -0.39 is 0 Å². The minimum Gasteiger partial charge on any atom is -0.395 e. The summed E-state index contributed by atoms with van der Waals surface area (Å²) < 4.78 is 0. The van der Waals surface area contributed by atoms with E-state index in [0.29, 0.717) is 0 Å². The van der Waals surface area contributed by atoms with E-state index in [-0.39, 0.29) is 6.61 Å². The number of aliphatic hydroxyl groups excluding tert-OH is 1. The summed E-state index contributed by atoms with van der Waals surface area (Å²) in [5.74, 6) is 0. The molecule has 0 rings (SSSR count). The molecule has 0 unspecified atom stereocenters. The second-order valence-electron chi connectivity index (χ2n) is 4.79. The molecule has 0 aliphatic rings. The van der Waals surface area contributed by atoms with Crippen molar-refractivity contribution in [3.8, 4) is 0 Å². The van der Waals surface area contributed by atoms with Crippen molar-refractivity contribution >= 4 is 0 Å². The van der Waals surface area contributed by atoms with Crippen LogP contribution in [0, 0.1) is 0 Å². The zero-order valence-corrected chi connectivity index (χ0v) is 11.7. The van der Waals surface area contributed by atoms with Gasteiger partial charge in [-0.3, -0.25) is 4.90 Å². The van der Waals surface area contributed by atoms with Crippen LogP contribution in [0.25, 0.3) is 0 Å². The molecule has 0 aromatic rings. The van der Waals surface area contributed by atoms with E-state index in [2.05, 4.69) is 18.4 Å². The second-order valence-corrected chi connectivity index (χ2v) is 4.79. The van der Waals surface area contributed by atoms with Crippen LogP contribution in [0.15, 0.2) is 12.7 Å². The summed E-state index contributed by atoms with van der Waals surface area (Å²) in [6.07, 6.45) is 12.8. The van der Waals surface area contributed by atoms with Crippen LogP contribution in [0.4, 0.5) is 0 Å². The molecule has 0 aliphatic carbocycles. The van der Waals surface area contributed by atoms with E-state index in [1.165, 1.54) is 51.4 Å². The molecule has 0 saturated carbocycles. The summed E-state index contributed by atoms with van der Waals surface area (Å²) in [4.78, 5) is 2.27. The van der Waals surface area contributed by atoms with Gasteiger partial charge in [0.15, 0.2) is 0 Å². The number of hydrogen-bond donors (Lipinski definition) is 1. The second kappa shape index (κ2) is 13.7. The number of unbranched alkanes of at least 4 members (excludes halogenated alkanes) is 7. The molecule has 0 radical (unpaired) electrons. The van der Waals surface area contributed by atoms with Crippen LogP contribution in [0.2, 0.25) is 0 Å². The lowest BCUT2D eigenvalue weighted by molar-refractivity contribution is 0.206. The predicted molar refractivity (Wildman–Crippen MR) is 76.3 cm³/mol. The van der Waals surface area contributed by atoms with Gasteiger partial charge in [-0.15, -0.1) is 6.58 Å². The van der Waals surface area contributed by atoms with Crippen molar-refractivity contribution in [2.75, 3.05) is 26.2 Å². The number of aliphatic hydroxyl groups is 1. The molecule has 0 saturated heterocycles. The summed E-state index contributed by atoms with van der Waals surface area (Å²) in [5, 5.41) is 8.91. The summed E-state index contributed by atoms with van der Waals surface area (Å²) in [5.41, 5.74) is 0. The summed E-state index contributed by atoms with van der Waals surface area (Å²) >= 11 is 0. The lowest BCUT2D eigenvalue weighted by atomic mass is 10.1. The third kappa shape index (κ3) is 11.9. The zero-order chi connectivity index (χ0) is 12.8. The third-order valence-electron chi connectivity index (χ3n) is 3.13. The molecule has 0 aromatic heterocycles. The van der Waals surface area contributed by atoms with Crippen molar-refractivity contribution in [3.05, 3.63) is 12.7 Å². The van der Waals surface area contributed by atoms with Crippen LogP contribution in [-0.2, 0) is 0 Å². The van der Waals surface area contributed by atoms with Gasteiger partial charge in [-0.2, -0.15) is 0 Å². The fourth-order valence-electron chi connectivity index (χ4n) is 2.09. The topological polar surface area (TPSA) is 23.5 Å². The predicted octanol–water partition coefficient (Wildman–Crippen LogP) is 3.61. The van der Waals surface area contributed by atoms with Crippen molar-refractivity contribution in [2.45, 2.75) is 58.3 Å². The molecule has 0 amide bonds. The van der Waals surface area contributed by atoms with Crippen molar-refractivity contribution in [3.63, 3.8) is 0 Å². The molecule has 2 nitrogen and oxygen atoms in total. The maximum Gasteiger partial charge on any atom is 0.0558 e. The number of hydrogen-bond acceptors (Lipinski definition) is 2. The normalized spacial score (nSPS) is 11.0. The van der Waals surface area contributed by atoms with Crippen LogP contribution in [0.3, 0.4) is 0 Å². The van der Waals surface area contributed by atoms with Crippen LogP contribution in [0.1, 0.15) is 58.3 Å². The molecule has 0 fully saturated rings. The quantitative estimate of drug-likeness (QED) is 0.393. The fourth-order valence-corrected chi connectivity index (χ4v) is 2.09. The van der Waals surface area contributed by atoms with Crippen LogP contribution < -0.4 is 0 Å². The Labute approximate surface area is 108 Å². The molecule has 0 heterocycles. The van der Waals surface area contributed by atoms with E-state index in [1.807, 2.05) is 6.08 Å². The van der Waals surface area contributed by atoms with Gasteiger partial charge in [-0.25, -0.2) is 0 Å². The average Bonchev–Trinajstić information content (AvgIpc) is 2.33. The summed E-state index contributed by atoms with van der Waals surface area (Å²) in [7, 11) is 0. The molecule has 2 heteroatoms. The highest BCUT2D eigenvalue weighted by molar-refractivity contribution is 4.73. The van der Waals surface area contributed by atoms with Crippen molar-refractivity contribution in [2.24, 2.45) is 0 Å². The van der Waals surface area contributed by atoms with Crippen LogP contribution >= 0.6 is 0 Å². The third-order valence-corrected chi connectivity index (χ3v) is 3.13. The fraction of sp³-hybridized carbons (Fsp3) is 0.867. The van der Waals surface area contributed by atoms with E-state index in [9.17, 15) is 0 Å². The Morgan fingerprint density at radius 1 is 0.941 bits per heavy atom. The highest BCUT2D eigenvalue weighted by Crippen LogP contribution is 2.08. The van der Waals surface area contributed by atoms with Gasteiger partial charge in [0, 0.05) is 13.1 Å². The number of rotatable bonds is 13. The van der Waals surface area contributed by atoms with Gasteiger partial charge < -0.3 is 5.11 Å². The Morgan fingerprint density at radius 2 is 1.53 bits per heavy atom. The first-order chi connectivity index (χ1) is 8.35. The first-order valence-electron chi connectivity index (χ1n) is 7.29. The standard InChI is InChI=1S/C15H31NO/c1-3-5-6-7-8-9-10-11-13-16(12-4-2)14-15-17/h4,17H,2-3,5-15H2,1H3. The molecular formula is C15H31NO. The van der Waals surface area contributed by atoms with E-state index in [4.69, 9.17) is 5.11 Å². The molecular weight excluding hydrogens is 210 g/mol. The highest BCUT2D eigenvalue weighted by Gasteiger charge is 2.01. The molecule has 0 bridgehead atoms. The van der Waals surface area contributed by atoms with Crippen molar-refractivity contribution in [1.29, 1.82) is 0 Å². The summed E-state index contributed by atoms with van der Waals surface area (Å²) in [6, 6.07) is 0. The lowest BCUT2D eigenvalue weighted by Gasteiger charge is -2.18. The first-order valence-corrected chi connectivity index (χ1v) is 7.29. The average molecular weight is 241 g/mol. The Bertz CT molecular complexity index is 159. The first kappa shape index (κ1) is 16.7. The van der Waals surface area contributed by atoms with E-state index in [0.717, 1.165) is 19.6 Å². The van der Waals surface area contributed by atoms with Gasteiger partial charge in [-0.05, 0) is 13.0 Å². The van der Waals surface area contributed by atoms with E-state index in [1.54, 1.807) is 0 Å². The van der Waals surface area contributed by atoms with Gasteiger partial charge in [-0.1, -0.05) is 57.9 Å². The van der Waals surface area contributed by atoms with Gasteiger partial charge in [0.25, 0.3) is 0 Å². The smallest absolute Gasteiger partial charge is 0.0558 e. The van der Waals surface area contributed by atoms with Gasteiger partial charge >= 0.3 is 0 Å². The number of nitrogens with zero attached hydrogens (tertiary/aromatic N) is 1. The minimum absolute atomic E-state index is 0.255.